The maximum Gasteiger partial charge on any atom is 0.312 e. The lowest BCUT2D eigenvalue weighted by Gasteiger charge is -2.10. The molecule has 1 aromatic carbocycles. The first-order valence-corrected chi connectivity index (χ1v) is 6.13. The summed E-state index contributed by atoms with van der Waals surface area (Å²) in [6.45, 7) is 1.66. The number of carbonyl (C=O) groups is 1. The Bertz CT molecular complexity index is 426. The lowest BCUT2D eigenvalue weighted by atomic mass is 10.2. The third kappa shape index (κ3) is 4.42. The van der Waals surface area contributed by atoms with Gasteiger partial charge in [0.25, 0.3) is 0 Å². The third-order valence-electron chi connectivity index (χ3n) is 2.24. The third-order valence-corrected chi connectivity index (χ3v) is 2.84. The molecule has 5 N–H and O–H groups in total. The molecule has 1 aromatic rings. The quantitative estimate of drug-likeness (QED) is 0.587. The van der Waals surface area contributed by atoms with Gasteiger partial charge in [-0.25, -0.2) is 4.79 Å². The molecule has 0 aromatic heterocycles. The molecule has 0 saturated heterocycles. The van der Waals surface area contributed by atoms with Crippen molar-refractivity contribution in [2.24, 2.45) is 5.73 Å². The van der Waals surface area contributed by atoms with Crippen LogP contribution in [0.15, 0.2) is 16.6 Å². The minimum atomic E-state index is -0.536. The summed E-state index contributed by atoms with van der Waals surface area (Å²) in [5.41, 5.74) is 5.89. The maximum atomic E-state index is 10.4. The Kier molecular flexibility index (Phi) is 5.73. The number of urea groups is 1. The molecule has 1 rings (SSSR count). The van der Waals surface area contributed by atoms with Crippen molar-refractivity contribution in [1.29, 1.82) is 0 Å². The zero-order chi connectivity index (χ0) is 13.5. The number of carbonyl (C=O) groups excluding carboxylic acids is 1. The van der Waals surface area contributed by atoms with E-state index in [2.05, 4.69) is 26.6 Å². The Morgan fingerprint density at radius 3 is 2.83 bits per heavy atom. The molecule has 0 fully saturated rings. The molecule has 7 heteroatoms. The van der Waals surface area contributed by atoms with E-state index < -0.39 is 6.03 Å². The second-order valence-electron chi connectivity index (χ2n) is 3.60. The van der Waals surface area contributed by atoms with Crippen LogP contribution in [-0.2, 0) is 6.54 Å². The lowest BCUT2D eigenvalue weighted by molar-refractivity contribution is 0.249. The van der Waals surface area contributed by atoms with E-state index >= 15 is 0 Å². The Hall–Kier alpha value is -1.47. The van der Waals surface area contributed by atoms with Crippen LogP contribution in [0.4, 0.5) is 4.79 Å². The second-order valence-corrected chi connectivity index (χ2v) is 4.45. The van der Waals surface area contributed by atoms with E-state index in [9.17, 15) is 9.90 Å². The number of ether oxygens (including phenoxy) is 1. The van der Waals surface area contributed by atoms with Crippen molar-refractivity contribution in [2.75, 3.05) is 20.2 Å². The number of hydrogen-bond acceptors (Lipinski definition) is 4. The van der Waals surface area contributed by atoms with Crippen LogP contribution in [0.2, 0.25) is 0 Å². The van der Waals surface area contributed by atoms with E-state index in [0.29, 0.717) is 29.9 Å². The van der Waals surface area contributed by atoms with E-state index in [4.69, 9.17) is 10.5 Å². The number of primary amides is 1. The number of methoxy groups -OCH3 is 1. The number of phenols is 1. The van der Waals surface area contributed by atoms with E-state index in [1.54, 1.807) is 12.1 Å². The number of halogens is 1. The fourth-order valence-electron chi connectivity index (χ4n) is 1.39. The molecule has 0 heterocycles. The number of benzene rings is 1. The summed E-state index contributed by atoms with van der Waals surface area (Å²) < 4.78 is 5.62. The van der Waals surface area contributed by atoms with Gasteiger partial charge in [0.1, 0.15) is 0 Å². The molecule has 18 heavy (non-hydrogen) atoms. The molecule has 100 valence electrons. The summed E-state index contributed by atoms with van der Waals surface area (Å²) in [5.74, 6) is 0.494. The Balaban J connectivity index is 2.47. The van der Waals surface area contributed by atoms with Crippen LogP contribution in [0.5, 0.6) is 11.5 Å². The number of phenolic OH excluding ortho intramolecular Hbond substituents is 1. The van der Waals surface area contributed by atoms with Gasteiger partial charge in [0.2, 0.25) is 0 Å². The average Bonchev–Trinajstić information content (AvgIpc) is 2.32. The first-order chi connectivity index (χ1) is 8.54. The van der Waals surface area contributed by atoms with Crippen LogP contribution in [-0.4, -0.2) is 31.3 Å². The van der Waals surface area contributed by atoms with Gasteiger partial charge in [0.15, 0.2) is 11.5 Å². The number of nitrogens with two attached hydrogens (primary N) is 1. The highest BCUT2D eigenvalue weighted by atomic mass is 79.9. The Morgan fingerprint density at radius 1 is 1.50 bits per heavy atom. The van der Waals surface area contributed by atoms with Crippen LogP contribution < -0.4 is 21.1 Å². The first kappa shape index (κ1) is 14.6. The average molecular weight is 318 g/mol. The molecule has 0 aliphatic rings. The van der Waals surface area contributed by atoms with Crippen molar-refractivity contribution < 1.29 is 14.6 Å². The Labute approximate surface area is 114 Å². The normalized spacial score (nSPS) is 10.1. The Morgan fingerprint density at radius 2 is 2.22 bits per heavy atom. The van der Waals surface area contributed by atoms with Gasteiger partial charge >= 0.3 is 6.03 Å². The second kappa shape index (κ2) is 7.07. The summed E-state index contributed by atoms with van der Waals surface area (Å²) in [6, 6.07) is 3.01. The van der Waals surface area contributed by atoms with Gasteiger partial charge in [-0.15, -0.1) is 0 Å². The molecule has 6 nitrogen and oxygen atoms in total. The van der Waals surface area contributed by atoms with Gasteiger partial charge < -0.3 is 26.2 Å². The topological polar surface area (TPSA) is 96.6 Å². The molecule has 0 atom stereocenters. The van der Waals surface area contributed by atoms with Crippen molar-refractivity contribution in [3.63, 3.8) is 0 Å². The summed E-state index contributed by atoms with van der Waals surface area (Å²) in [7, 11) is 1.50. The monoisotopic (exact) mass is 317 g/mol. The number of rotatable bonds is 6. The molecule has 0 aliphatic carbocycles. The molecule has 0 aliphatic heterocycles. The summed E-state index contributed by atoms with van der Waals surface area (Å²) in [4.78, 5) is 10.4. The minimum absolute atomic E-state index is 0.0802. The van der Waals surface area contributed by atoms with Crippen LogP contribution in [0.3, 0.4) is 0 Å². The highest BCUT2D eigenvalue weighted by Gasteiger charge is 2.08. The van der Waals surface area contributed by atoms with Gasteiger partial charge in [-0.05, 0) is 33.6 Å². The zero-order valence-corrected chi connectivity index (χ0v) is 11.6. The maximum absolute atomic E-state index is 10.4. The molecule has 0 saturated carbocycles. The molecule has 0 bridgehead atoms. The van der Waals surface area contributed by atoms with E-state index in [1.165, 1.54) is 7.11 Å². The highest BCUT2D eigenvalue weighted by Crippen LogP contribution is 2.35. The fourth-order valence-corrected chi connectivity index (χ4v) is 1.88. The summed E-state index contributed by atoms with van der Waals surface area (Å²) in [6.07, 6.45) is 0. The van der Waals surface area contributed by atoms with Gasteiger partial charge in [0.05, 0.1) is 11.6 Å². The smallest absolute Gasteiger partial charge is 0.312 e. The zero-order valence-electron chi connectivity index (χ0n) is 10.00. The molecular weight excluding hydrogens is 302 g/mol. The fraction of sp³-hybridized carbons (Fsp3) is 0.364. The highest BCUT2D eigenvalue weighted by molar-refractivity contribution is 9.10. The molecule has 0 radical (unpaired) electrons. The van der Waals surface area contributed by atoms with Gasteiger partial charge in [-0.2, -0.15) is 0 Å². The van der Waals surface area contributed by atoms with E-state index in [0.717, 1.165) is 5.56 Å². The predicted octanol–water partition coefficient (Wildman–Crippen LogP) is 0.921. The molecule has 2 amide bonds. The van der Waals surface area contributed by atoms with Gasteiger partial charge in [0, 0.05) is 19.6 Å². The van der Waals surface area contributed by atoms with Crippen molar-refractivity contribution in [3.05, 3.63) is 22.2 Å². The molecular formula is C11H16BrN3O3. The number of hydrogen-bond donors (Lipinski definition) is 4. The number of amides is 2. The summed E-state index contributed by atoms with van der Waals surface area (Å²) in [5, 5.41) is 15.2. The predicted molar refractivity (Wildman–Crippen MR) is 71.7 cm³/mol. The van der Waals surface area contributed by atoms with Crippen LogP contribution >= 0.6 is 15.9 Å². The largest absolute Gasteiger partial charge is 0.503 e. The van der Waals surface area contributed by atoms with Crippen LogP contribution in [0.25, 0.3) is 0 Å². The molecule has 0 unspecified atom stereocenters. The van der Waals surface area contributed by atoms with Crippen molar-refractivity contribution in [2.45, 2.75) is 6.54 Å². The van der Waals surface area contributed by atoms with Gasteiger partial charge in [-0.3, -0.25) is 0 Å². The van der Waals surface area contributed by atoms with Crippen LogP contribution in [0.1, 0.15) is 5.56 Å². The standard InChI is InChI=1S/C11H16BrN3O3/c1-18-9-5-7(4-8(12)10(9)16)6-14-2-3-15-11(13)17/h4-5,14,16H,2-3,6H2,1H3,(H3,13,15,17). The van der Waals surface area contributed by atoms with Gasteiger partial charge in [-0.1, -0.05) is 0 Å². The van der Waals surface area contributed by atoms with Crippen LogP contribution in [0, 0.1) is 0 Å². The number of nitrogens with one attached hydrogen (secondary N) is 2. The number of aromatic hydroxyl groups is 1. The first-order valence-electron chi connectivity index (χ1n) is 5.34. The van der Waals surface area contributed by atoms with Crippen molar-refractivity contribution in [3.8, 4) is 11.5 Å². The van der Waals surface area contributed by atoms with Crippen molar-refractivity contribution >= 4 is 22.0 Å². The summed E-state index contributed by atoms with van der Waals surface area (Å²) >= 11 is 3.25. The van der Waals surface area contributed by atoms with Crippen molar-refractivity contribution in [1.82, 2.24) is 10.6 Å². The lowest BCUT2D eigenvalue weighted by Crippen LogP contribution is -2.35. The SMILES string of the molecule is COc1cc(CNCCNC(N)=O)cc(Br)c1O. The molecule has 0 spiro atoms. The van der Waals surface area contributed by atoms with E-state index in [-0.39, 0.29) is 5.75 Å². The minimum Gasteiger partial charge on any atom is -0.503 e. The van der Waals surface area contributed by atoms with E-state index in [1.807, 2.05) is 0 Å².